The number of hydrogen-bond acceptors (Lipinski definition) is 2. The molecular formula is C11H12BrNOS. The lowest BCUT2D eigenvalue weighted by Crippen LogP contribution is -1.98. The van der Waals surface area contributed by atoms with Crippen molar-refractivity contribution < 1.29 is 4.21 Å². The lowest BCUT2D eigenvalue weighted by molar-refractivity contribution is 0.678. The zero-order chi connectivity index (χ0) is 11.1. The van der Waals surface area contributed by atoms with Gasteiger partial charge in [-0.25, -0.2) is 0 Å². The second-order valence-corrected chi connectivity index (χ2v) is 5.49. The number of unbranched alkanes of at least 4 members (excludes halogenated alkanes) is 2. The van der Waals surface area contributed by atoms with E-state index in [0.29, 0.717) is 12.2 Å². The molecule has 0 aliphatic rings. The summed E-state index contributed by atoms with van der Waals surface area (Å²) in [6, 6.07) is 9.63. The van der Waals surface area contributed by atoms with E-state index in [1.165, 1.54) is 0 Å². The van der Waals surface area contributed by atoms with Gasteiger partial charge in [0.15, 0.2) is 0 Å². The molecule has 1 aromatic carbocycles. The van der Waals surface area contributed by atoms with Crippen LogP contribution in [-0.2, 0) is 10.8 Å². The molecule has 0 saturated carbocycles. The zero-order valence-electron chi connectivity index (χ0n) is 8.28. The highest BCUT2D eigenvalue weighted by atomic mass is 79.9. The highest BCUT2D eigenvalue weighted by Crippen LogP contribution is 2.20. The van der Waals surface area contributed by atoms with Crippen LogP contribution in [0.1, 0.15) is 19.3 Å². The molecule has 0 aromatic heterocycles. The first kappa shape index (κ1) is 12.4. The molecule has 0 amide bonds. The maximum Gasteiger partial charge on any atom is 0.0621 e. The highest BCUT2D eigenvalue weighted by Gasteiger charge is 2.06. The summed E-state index contributed by atoms with van der Waals surface area (Å²) in [6.07, 6.45) is 2.21. The fraction of sp³-hybridized carbons (Fsp3) is 0.364. The third-order valence-electron chi connectivity index (χ3n) is 1.95. The van der Waals surface area contributed by atoms with Crippen molar-refractivity contribution in [3.63, 3.8) is 0 Å². The first-order valence-corrected chi connectivity index (χ1v) is 6.86. The quantitative estimate of drug-likeness (QED) is 0.780. The molecule has 1 aromatic rings. The minimum absolute atomic E-state index is 0.549. The van der Waals surface area contributed by atoms with Crippen LogP contribution in [0.5, 0.6) is 0 Å². The van der Waals surface area contributed by atoms with Gasteiger partial charge >= 0.3 is 0 Å². The summed E-state index contributed by atoms with van der Waals surface area (Å²) in [5.74, 6) is 0.629. The van der Waals surface area contributed by atoms with Gasteiger partial charge in [0, 0.05) is 16.6 Å². The molecule has 0 saturated heterocycles. The Kier molecular flexibility index (Phi) is 5.59. The molecule has 0 radical (unpaired) electrons. The molecule has 2 nitrogen and oxygen atoms in total. The average molecular weight is 286 g/mol. The molecule has 80 valence electrons. The van der Waals surface area contributed by atoms with Crippen molar-refractivity contribution in [2.45, 2.75) is 24.2 Å². The van der Waals surface area contributed by atoms with Gasteiger partial charge in [-0.05, 0) is 40.9 Å². The number of nitrogens with zero attached hydrogens (tertiary/aromatic N) is 1. The highest BCUT2D eigenvalue weighted by molar-refractivity contribution is 9.10. The number of rotatable bonds is 5. The Morgan fingerprint density at radius 3 is 2.73 bits per heavy atom. The van der Waals surface area contributed by atoms with Gasteiger partial charge in [0.25, 0.3) is 0 Å². The van der Waals surface area contributed by atoms with Crippen molar-refractivity contribution in [1.82, 2.24) is 0 Å². The maximum atomic E-state index is 11.8. The summed E-state index contributed by atoms with van der Waals surface area (Å²) in [5, 5.41) is 8.36. The molecule has 0 fully saturated rings. The number of halogens is 1. The van der Waals surface area contributed by atoms with Gasteiger partial charge in [-0.15, -0.1) is 0 Å². The largest absolute Gasteiger partial charge is 0.254 e. The summed E-state index contributed by atoms with van der Waals surface area (Å²) < 4.78 is 12.7. The van der Waals surface area contributed by atoms with Gasteiger partial charge < -0.3 is 0 Å². The lowest BCUT2D eigenvalue weighted by Gasteiger charge is -2.03. The second-order valence-electron chi connectivity index (χ2n) is 3.10. The zero-order valence-corrected chi connectivity index (χ0v) is 10.7. The van der Waals surface area contributed by atoms with Crippen LogP contribution in [0, 0.1) is 11.3 Å². The van der Waals surface area contributed by atoms with Crippen molar-refractivity contribution >= 4 is 26.7 Å². The maximum absolute atomic E-state index is 11.8. The number of nitriles is 1. The topological polar surface area (TPSA) is 40.9 Å². The van der Waals surface area contributed by atoms with Gasteiger partial charge in [0.05, 0.1) is 21.8 Å². The van der Waals surface area contributed by atoms with Crippen LogP contribution < -0.4 is 0 Å². The summed E-state index contributed by atoms with van der Waals surface area (Å²) in [5.41, 5.74) is 0. The van der Waals surface area contributed by atoms with E-state index in [4.69, 9.17) is 5.26 Å². The summed E-state index contributed by atoms with van der Waals surface area (Å²) in [6.45, 7) is 0. The van der Waals surface area contributed by atoms with Gasteiger partial charge in [-0.1, -0.05) is 12.1 Å². The molecule has 1 unspecified atom stereocenters. The van der Waals surface area contributed by atoms with E-state index in [9.17, 15) is 4.21 Å². The molecule has 15 heavy (non-hydrogen) atoms. The lowest BCUT2D eigenvalue weighted by atomic mass is 10.3. The van der Waals surface area contributed by atoms with Crippen LogP contribution >= 0.6 is 15.9 Å². The second kappa shape index (κ2) is 6.76. The van der Waals surface area contributed by atoms with Crippen LogP contribution in [-0.4, -0.2) is 9.96 Å². The Balaban J connectivity index is 2.48. The third-order valence-corrected chi connectivity index (χ3v) is 4.41. The Morgan fingerprint density at radius 1 is 1.33 bits per heavy atom. The van der Waals surface area contributed by atoms with E-state index in [1.54, 1.807) is 0 Å². The normalized spacial score (nSPS) is 12.0. The van der Waals surface area contributed by atoms with Gasteiger partial charge in [-0.2, -0.15) is 5.26 Å². The Hall–Kier alpha value is -0.660. The summed E-state index contributed by atoms with van der Waals surface area (Å²) >= 11 is 3.37. The number of benzene rings is 1. The van der Waals surface area contributed by atoms with E-state index in [1.807, 2.05) is 24.3 Å². The molecule has 0 aliphatic carbocycles. The summed E-state index contributed by atoms with van der Waals surface area (Å²) in [4.78, 5) is 0.842. The fourth-order valence-corrected chi connectivity index (χ4v) is 3.21. The van der Waals surface area contributed by atoms with Crippen LogP contribution in [0.3, 0.4) is 0 Å². The molecule has 0 bridgehead atoms. The van der Waals surface area contributed by atoms with Gasteiger partial charge in [0.2, 0.25) is 0 Å². The van der Waals surface area contributed by atoms with Gasteiger partial charge in [-0.3, -0.25) is 4.21 Å². The average Bonchev–Trinajstić information content (AvgIpc) is 2.25. The van der Waals surface area contributed by atoms with E-state index in [2.05, 4.69) is 22.0 Å². The van der Waals surface area contributed by atoms with E-state index >= 15 is 0 Å². The molecule has 0 spiro atoms. The monoisotopic (exact) mass is 285 g/mol. The van der Waals surface area contributed by atoms with Crippen LogP contribution in [0.25, 0.3) is 0 Å². The standard InChI is InChI=1S/C11H12BrNOS/c12-10-6-2-3-7-11(10)15(14)9-5-1-4-8-13/h2-3,6-7H,1,4-5,9H2. The molecule has 1 atom stereocenters. The Morgan fingerprint density at radius 2 is 2.07 bits per heavy atom. The minimum atomic E-state index is -0.955. The van der Waals surface area contributed by atoms with Crippen molar-refractivity contribution in [3.05, 3.63) is 28.7 Å². The van der Waals surface area contributed by atoms with Crippen LogP contribution in [0.15, 0.2) is 33.6 Å². The fourth-order valence-electron chi connectivity index (χ4n) is 1.18. The van der Waals surface area contributed by atoms with Crippen molar-refractivity contribution in [2.75, 3.05) is 5.75 Å². The number of hydrogen-bond donors (Lipinski definition) is 0. The molecule has 1 rings (SSSR count). The van der Waals surface area contributed by atoms with Crippen molar-refractivity contribution in [3.8, 4) is 6.07 Å². The predicted molar refractivity (Wildman–Crippen MR) is 64.9 cm³/mol. The van der Waals surface area contributed by atoms with E-state index < -0.39 is 10.8 Å². The van der Waals surface area contributed by atoms with Crippen LogP contribution in [0.2, 0.25) is 0 Å². The first-order chi connectivity index (χ1) is 7.25. The van der Waals surface area contributed by atoms with Crippen LogP contribution in [0.4, 0.5) is 0 Å². The van der Waals surface area contributed by atoms with E-state index in [-0.39, 0.29) is 0 Å². The Bertz CT molecular complexity index is 386. The van der Waals surface area contributed by atoms with Gasteiger partial charge in [0.1, 0.15) is 0 Å². The molecule has 0 N–H and O–H groups in total. The summed E-state index contributed by atoms with van der Waals surface area (Å²) in [7, 11) is -0.955. The van der Waals surface area contributed by atoms with Crippen molar-refractivity contribution in [1.29, 1.82) is 5.26 Å². The molecular weight excluding hydrogens is 274 g/mol. The Labute approximate surface area is 101 Å². The predicted octanol–water partition coefficient (Wildman–Crippen LogP) is 3.25. The SMILES string of the molecule is N#CCCCCS(=O)c1ccccc1Br. The molecule has 0 heterocycles. The molecule has 4 heteroatoms. The van der Waals surface area contributed by atoms with Crippen molar-refractivity contribution in [2.24, 2.45) is 0 Å². The van der Waals surface area contributed by atoms with E-state index in [0.717, 1.165) is 22.2 Å². The first-order valence-electron chi connectivity index (χ1n) is 4.75. The third kappa shape index (κ3) is 4.15. The smallest absolute Gasteiger partial charge is 0.0621 e. The minimum Gasteiger partial charge on any atom is -0.254 e. The molecule has 0 aliphatic heterocycles.